The minimum Gasteiger partial charge on any atom is -0.477 e. The normalized spacial score (nSPS) is 21.0. The number of hydrogen-bond donors (Lipinski definition) is 3. The summed E-state index contributed by atoms with van der Waals surface area (Å²) >= 11 is 2.24. The number of fused-ring (bicyclic) bond motifs is 1. The van der Waals surface area contributed by atoms with Crippen LogP contribution in [0.25, 0.3) is 5.57 Å². The van der Waals surface area contributed by atoms with Crippen molar-refractivity contribution < 1.29 is 29.0 Å². The summed E-state index contributed by atoms with van der Waals surface area (Å²) < 4.78 is 8.97. The zero-order valence-electron chi connectivity index (χ0n) is 16.9. The van der Waals surface area contributed by atoms with Gasteiger partial charge < -0.3 is 20.9 Å². The number of anilines is 1. The molecule has 0 spiro atoms. The molecule has 1 fully saturated rings. The van der Waals surface area contributed by atoms with E-state index in [1.807, 2.05) is 13.8 Å². The number of allylic oxidation sites excluding steroid dienone is 1. The summed E-state index contributed by atoms with van der Waals surface area (Å²) in [6.07, 6.45) is 1.67. The molecule has 2 atom stereocenters. The van der Waals surface area contributed by atoms with Gasteiger partial charge in [-0.05, 0) is 5.92 Å². The van der Waals surface area contributed by atoms with Crippen LogP contribution in [0.15, 0.2) is 17.3 Å². The van der Waals surface area contributed by atoms with Crippen LogP contribution in [0.3, 0.4) is 0 Å². The highest BCUT2D eigenvalue weighted by molar-refractivity contribution is 8.00. The maximum Gasteiger partial charge on any atom is 0.352 e. The van der Waals surface area contributed by atoms with Crippen LogP contribution in [-0.2, 0) is 23.9 Å². The predicted molar refractivity (Wildman–Crippen MR) is 113 cm³/mol. The van der Waals surface area contributed by atoms with E-state index < -0.39 is 35.2 Å². The molecule has 1 aromatic rings. The number of nitrogens with one attached hydrogen (secondary N) is 1. The van der Waals surface area contributed by atoms with E-state index in [1.54, 1.807) is 6.08 Å². The van der Waals surface area contributed by atoms with Gasteiger partial charge in [-0.1, -0.05) is 19.9 Å². The Morgan fingerprint density at radius 2 is 2.13 bits per heavy atom. The van der Waals surface area contributed by atoms with E-state index in [0.29, 0.717) is 5.57 Å². The van der Waals surface area contributed by atoms with Gasteiger partial charge in [-0.3, -0.25) is 19.3 Å². The van der Waals surface area contributed by atoms with Crippen LogP contribution in [-0.4, -0.2) is 66.9 Å². The third-order valence-electron chi connectivity index (χ3n) is 4.41. The standard InChI is InChI=1S/C18H21N5O6S2/c1-7(2)4-10(13-21-18(19)31-22-13)14(25)20-11-15(26)23-12(17(27)28)9(5-29-8(3)24)6-30-16(11)23/h4,7,11,16H,5-6H2,1-3H3,(H,20,25)(H,27,28)(H2,19,21,22)/t11?,16-/m0/s1. The zero-order valence-corrected chi connectivity index (χ0v) is 18.6. The second kappa shape index (κ2) is 9.06. The third kappa shape index (κ3) is 4.71. The molecule has 3 rings (SSSR count). The van der Waals surface area contributed by atoms with Crippen molar-refractivity contribution in [1.82, 2.24) is 19.6 Å². The molecule has 2 aliphatic heterocycles. The summed E-state index contributed by atoms with van der Waals surface area (Å²) in [6.45, 7) is 4.76. The van der Waals surface area contributed by atoms with Crippen molar-refractivity contribution in [3.05, 3.63) is 23.2 Å². The number of carbonyl (C=O) groups is 4. The van der Waals surface area contributed by atoms with Crippen molar-refractivity contribution in [3.63, 3.8) is 0 Å². The number of hydrogen-bond acceptors (Lipinski definition) is 10. The van der Waals surface area contributed by atoms with Gasteiger partial charge in [0.25, 0.3) is 11.8 Å². The molecule has 1 unspecified atom stereocenters. The molecular weight excluding hydrogens is 446 g/mol. The summed E-state index contributed by atoms with van der Waals surface area (Å²) in [5, 5.41) is 11.9. The number of nitrogens with zero attached hydrogens (tertiary/aromatic N) is 3. The van der Waals surface area contributed by atoms with Crippen LogP contribution in [0.2, 0.25) is 0 Å². The average Bonchev–Trinajstić information content (AvgIpc) is 3.13. The Labute approximate surface area is 185 Å². The minimum atomic E-state index is -1.30. The molecule has 0 bridgehead atoms. The second-order valence-electron chi connectivity index (χ2n) is 7.18. The molecule has 0 aromatic carbocycles. The highest BCUT2D eigenvalue weighted by atomic mass is 32.2. The number of carboxylic acids is 1. The Morgan fingerprint density at radius 1 is 1.42 bits per heavy atom. The maximum absolute atomic E-state index is 12.9. The summed E-state index contributed by atoms with van der Waals surface area (Å²) in [6, 6.07) is -0.909. The molecule has 0 radical (unpaired) electrons. The van der Waals surface area contributed by atoms with E-state index in [2.05, 4.69) is 14.7 Å². The number of nitrogen functional groups attached to an aromatic ring is 1. The lowest BCUT2D eigenvalue weighted by molar-refractivity contribution is -0.150. The van der Waals surface area contributed by atoms with Crippen molar-refractivity contribution in [1.29, 1.82) is 0 Å². The lowest BCUT2D eigenvalue weighted by Crippen LogP contribution is -2.70. The topological polar surface area (TPSA) is 165 Å². The fourth-order valence-corrected chi connectivity index (χ4v) is 4.91. The van der Waals surface area contributed by atoms with E-state index in [9.17, 15) is 24.3 Å². The molecule has 0 aliphatic carbocycles. The summed E-state index contributed by atoms with van der Waals surface area (Å²) in [4.78, 5) is 53.6. The molecule has 166 valence electrons. The molecular formula is C18H21N5O6S2. The van der Waals surface area contributed by atoms with Gasteiger partial charge in [0, 0.05) is 29.8 Å². The fraction of sp³-hybridized carbons (Fsp3) is 0.444. The zero-order chi connectivity index (χ0) is 22.9. The second-order valence-corrected chi connectivity index (χ2v) is 9.07. The van der Waals surface area contributed by atoms with Gasteiger partial charge >= 0.3 is 11.9 Å². The number of rotatable bonds is 7. The largest absolute Gasteiger partial charge is 0.477 e. The minimum absolute atomic E-state index is 0.00787. The average molecular weight is 468 g/mol. The number of nitrogens with two attached hydrogens (primary N) is 1. The number of ether oxygens (including phenoxy) is 1. The van der Waals surface area contributed by atoms with Crippen molar-refractivity contribution in [3.8, 4) is 0 Å². The predicted octanol–water partition coefficient (Wildman–Crippen LogP) is 0.461. The number of esters is 1. The van der Waals surface area contributed by atoms with Crippen molar-refractivity contribution in [2.75, 3.05) is 18.1 Å². The van der Waals surface area contributed by atoms with Gasteiger partial charge in [-0.25, -0.2) is 4.79 Å². The molecule has 11 nitrogen and oxygen atoms in total. The van der Waals surface area contributed by atoms with Crippen molar-refractivity contribution >= 4 is 57.8 Å². The SMILES string of the molecule is CC(=O)OCC1=C(C(=O)O)N2C(=O)C(NC(=O)C(=CC(C)C)c3nsc(N)n3)[C@@H]2SC1. The fourth-order valence-electron chi connectivity index (χ4n) is 3.13. The van der Waals surface area contributed by atoms with Crippen LogP contribution in [0, 0.1) is 5.92 Å². The monoisotopic (exact) mass is 467 g/mol. The molecule has 4 N–H and O–H groups in total. The molecule has 3 heterocycles. The highest BCUT2D eigenvalue weighted by Gasteiger charge is 2.54. The quantitative estimate of drug-likeness (QED) is 0.291. The van der Waals surface area contributed by atoms with Crippen LogP contribution in [0.5, 0.6) is 0 Å². The Morgan fingerprint density at radius 3 is 2.68 bits per heavy atom. The number of thioether (sulfide) groups is 1. The lowest BCUT2D eigenvalue weighted by atomic mass is 10.0. The number of carbonyl (C=O) groups excluding carboxylic acids is 3. The van der Waals surface area contributed by atoms with Crippen LogP contribution in [0.4, 0.5) is 5.13 Å². The maximum atomic E-state index is 12.9. The first kappa shape index (κ1) is 22.7. The van der Waals surface area contributed by atoms with E-state index in [4.69, 9.17) is 10.5 Å². The first-order chi connectivity index (χ1) is 14.6. The summed E-state index contributed by atoms with van der Waals surface area (Å²) in [7, 11) is 0. The van der Waals surface area contributed by atoms with Gasteiger partial charge in [0.2, 0.25) is 0 Å². The van der Waals surface area contributed by atoms with Gasteiger partial charge in [-0.15, -0.1) is 11.8 Å². The molecule has 1 saturated heterocycles. The van der Waals surface area contributed by atoms with Crippen LogP contribution < -0.4 is 11.1 Å². The van der Waals surface area contributed by atoms with E-state index >= 15 is 0 Å². The molecule has 2 aliphatic rings. The summed E-state index contributed by atoms with van der Waals surface area (Å²) in [5.74, 6) is -2.53. The third-order valence-corrected chi connectivity index (χ3v) is 6.30. The first-order valence-electron chi connectivity index (χ1n) is 9.25. The van der Waals surface area contributed by atoms with Crippen molar-refractivity contribution in [2.24, 2.45) is 5.92 Å². The molecule has 2 amide bonds. The van der Waals surface area contributed by atoms with E-state index in [1.165, 1.54) is 18.7 Å². The van der Waals surface area contributed by atoms with Gasteiger partial charge in [0.1, 0.15) is 23.7 Å². The van der Waals surface area contributed by atoms with E-state index in [-0.39, 0.29) is 40.5 Å². The first-order valence-corrected chi connectivity index (χ1v) is 11.1. The highest BCUT2D eigenvalue weighted by Crippen LogP contribution is 2.40. The number of aromatic nitrogens is 2. The summed E-state index contributed by atoms with van der Waals surface area (Å²) in [5.41, 5.74) is 5.93. The van der Waals surface area contributed by atoms with Gasteiger partial charge in [0.05, 0.1) is 5.57 Å². The molecule has 0 saturated carbocycles. The number of aliphatic carboxylic acids is 1. The molecule has 1 aromatic heterocycles. The lowest BCUT2D eigenvalue weighted by Gasteiger charge is -2.49. The number of amides is 2. The number of β-lactam (4-membered cyclic amide) rings is 1. The molecule has 13 heteroatoms. The van der Waals surface area contributed by atoms with Crippen molar-refractivity contribution in [2.45, 2.75) is 32.2 Å². The smallest absolute Gasteiger partial charge is 0.352 e. The van der Waals surface area contributed by atoms with E-state index in [0.717, 1.165) is 16.4 Å². The molecule has 31 heavy (non-hydrogen) atoms. The Kier molecular flexibility index (Phi) is 6.65. The van der Waals surface area contributed by atoms with Crippen LogP contribution in [0.1, 0.15) is 26.6 Å². The Bertz CT molecular complexity index is 1000. The number of carboxylic acid groups (broad SMARTS) is 1. The Balaban J connectivity index is 1.79. The van der Waals surface area contributed by atoms with Gasteiger partial charge in [-0.2, -0.15) is 9.36 Å². The van der Waals surface area contributed by atoms with Crippen LogP contribution >= 0.6 is 23.3 Å². The Hall–Kier alpha value is -2.93. The van der Waals surface area contributed by atoms with Gasteiger partial charge in [0.15, 0.2) is 11.0 Å².